The van der Waals surface area contributed by atoms with Gasteiger partial charge in [-0.3, -0.25) is 0 Å². The van der Waals surface area contributed by atoms with Crippen LogP contribution in [0.15, 0.2) is 28.6 Å². The zero-order chi connectivity index (χ0) is 7.68. The van der Waals surface area contributed by atoms with Crippen LogP contribution < -0.4 is 5.73 Å². The Morgan fingerprint density at radius 1 is 1.36 bits per heavy atom. The predicted molar refractivity (Wildman–Crippen MR) is 45.5 cm³/mol. The zero-order valence-corrected chi connectivity index (χ0v) is 6.08. The second-order valence-corrected chi connectivity index (χ2v) is 2.46. The summed E-state index contributed by atoms with van der Waals surface area (Å²) in [6.45, 7) is 0.539. The van der Waals surface area contributed by atoms with Crippen molar-refractivity contribution in [2.75, 3.05) is 0 Å². The molecular formula is C8H8BNO. The second kappa shape index (κ2) is 2.51. The van der Waals surface area contributed by atoms with Gasteiger partial charge in [-0.15, -0.1) is 0 Å². The summed E-state index contributed by atoms with van der Waals surface area (Å²) in [6, 6.07) is 7.89. The Bertz CT molecular complexity index is 369. The Morgan fingerprint density at radius 3 is 3.00 bits per heavy atom. The van der Waals surface area contributed by atoms with E-state index in [4.69, 9.17) is 10.1 Å². The van der Waals surface area contributed by atoms with E-state index < -0.39 is 0 Å². The first kappa shape index (κ1) is 6.61. The Labute approximate surface area is 65.2 Å². The van der Waals surface area contributed by atoms with E-state index >= 15 is 0 Å². The Balaban J connectivity index is 2.76. The Hall–Kier alpha value is -1.09. The number of benzene rings is 1. The quantitative estimate of drug-likeness (QED) is 0.655. The monoisotopic (exact) mass is 145 g/mol. The topological polar surface area (TPSA) is 39.2 Å². The van der Waals surface area contributed by atoms with Gasteiger partial charge in [-0.05, 0) is 0 Å². The van der Waals surface area contributed by atoms with Crippen LogP contribution >= 0.6 is 0 Å². The molecule has 2 N–H and O–H groups in total. The van der Waals surface area contributed by atoms with E-state index in [1.807, 2.05) is 24.3 Å². The SMILES string of the molecule is NCc1boc2ccccc12. The fraction of sp³-hybridized carbons (Fsp3) is 0.125. The van der Waals surface area contributed by atoms with Crippen molar-refractivity contribution in [1.82, 2.24) is 0 Å². The molecule has 54 valence electrons. The van der Waals surface area contributed by atoms with E-state index in [-0.39, 0.29) is 0 Å². The summed E-state index contributed by atoms with van der Waals surface area (Å²) < 4.78 is 5.26. The van der Waals surface area contributed by atoms with E-state index in [2.05, 4.69) is 0 Å². The van der Waals surface area contributed by atoms with Gasteiger partial charge in [-0.2, -0.15) is 0 Å². The fourth-order valence-electron chi connectivity index (χ4n) is 1.19. The average molecular weight is 145 g/mol. The van der Waals surface area contributed by atoms with E-state index in [1.165, 1.54) is 0 Å². The molecule has 1 aromatic heterocycles. The number of fused-ring (bicyclic) bond motifs is 1. The van der Waals surface area contributed by atoms with Gasteiger partial charge in [0, 0.05) is 0 Å². The minimum atomic E-state index is 0.539. The van der Waals surface area contributed by atoms with Crippen LogP contribution in [0.25, 0.3) is 11.0 Å². The van der Waals surface area contributed by atoms with Crippen LogP contribution in [0.5, 0.6) is 0 Å². The normalized spacial score (nSPS) is 10.3. The molecule has 11 heavy (non-hydrogen) atoms. The van der Waals surface area contributed by atoms with Gasteiger partial charge >= 0.3 is 64.4 Å². The number of para-hydroxylation sites is 1. The molecule has 0 fully saturated rings. The molecule has 2 nitrogen and oxygen atoms in total. The van der Waals surface area contributed by atoms with Gasteiger partial charge in [0.15, 0.2) is 0 Å². The van der Waals surface area contributed by atoms with Gasteiger partial charge in [-0.25, -0.2) is 0 Å². The standard InChI is InChI=1S/C8H8BNO/c10-5-7-6-3-1-2-4-8(6)11-9-7/h1-4H,5,10H2. The number of hydrogen-bond donors (Lipinski definition) is 1. The maximum absolute atomic E-state index is 5.50. The van der Waals surface area contributed by atoms with Crippen LogP contribution in [0.3, 0.4) is 0 Å². The molecule has 0 amide bonds. The number of hydrogen-bond acceptors (Lipinski definition) is 2. The molecule has 0 spiro atoms. The fourth-order valence-corrected chi connectivity index (χ4v) is 1.19. The van der Waals surface area contributed by atoms with Crippen molar-refractivity contribution in [3.8, 4) is 0 Å². The predicted octanol–water partition coefficient (Wildman–Crippen LogP) is 1.23. The summed E-state index contributed by atoms with van der Waals surface area (Å²) in [5, 5.41) is 1.12. The number of nitrogens with two attached hydrogens (primary N) is 1. The van der Waals surface area contributed by atoms with Crippen molar-refractivity contribution >= 4 is 18.1 Å². The van der Waals surface area contributed by atoms with Crippen LogP contribution in [0.2, 0.25) is 0 Å². The van der Waals surface area contributed by atoms with E-state index in [0.29, 0.717) is 6.54 Å². The zero-order valence-electron chi connectivity index (χ0n) is 6.08. The third-order valence-corrected chi connectivity index (χ3v) is 1.78. The molecule has 3 heteroatoms. The first-order chi connectivity index (χ1) is 5.42. The maximum atomic E-state index is 5.50. The second-order valence-electron chi connectivity index (χ2n) is 2.46. The van der Waals surface area contributed by atoms with Crippen molar-refractivity contribution in [2.45, 2.75) is 6.54 Å². The molecule has 0 aliphatic rings. The van der Waals surface area contributed by atoms with Crippen LogP contribution in [0.4, 0.5) is 0 Å². The molecule has 0 saturated heterocycles. The van der Waals surface area contributed by atoms with Gasteiger partial charge in [0.2, 0.25) is 0 Å². The number of rotatable bonds is 1. The summed E-state index contributed by atoms with van der Waals surface area (Å²) in [6.07, 6.45) is 0. The molecular weight excluding hydrogens is 137 g/mol. The van der Waals surface area contributed by atoms with Crippen LogP contribution in [-0.4, -0.2) is 7.13 Å². The molecule has 1 heterocycles. The Kier molecular flexibility index (Phi) is 1.51. The first-order valence-electron chi connectivity index (χ1n) is 3.57. The summed E-state index contributed by atoms with van der Waals surface area (Å²) in [4.78, 5) is 0. The summed E-state index contributed by atoms with van der Waals surface area (Å²) >= 11 is 0. The van der Waals surface area contributed by atoms with Crippen molar-refractivity contribution in [3.63, 3.8) is 0 Å². The molecule has 2 rings (SSSR count). The van der Waals surface area contributed by atoms with Crippen LogP contribution in [0, 0.1) is 0 Å². The van der Waals surface area contributed by atoms with Gasteiger partial charge in [-0.1, -0.05) is 0 Å². The van der Waals surface area contributed by atoms with E-state index in [9.17, 15) is 0 Å². The van der Waals surface area contributed by atoms with Crippen molar-refractivity contribution in [2.24, 2.45) is 5.73 Å². The van der Waals surface area contributed by atoms with Crippen molar-refractivity contribution in [1.29, 1.82) is 0 Å². The molecule has 2 aromatic rings. The summed E-state index contributed by atoms with van der Waals surface area (Å²) in [7, 11) is 1.71. The molecule has 1 aromatic carbocycles. The molecule has 0 unspecified atom stereocenters. The van der Waals surface area contributed by atoms with Gasteiger partial charge in [0.05, 0.1) is 0 Å². The third-order valence-electron chi connectivity index (χ3n) is 1.78. The molecule has 0 saturated carbocycles. The minimum absolute atomic E-state index is 0.539. The van der Waals surface area contributed by atoms with E-state index in [1.54, 1.807) is 7.13 Å². The van der Waals surface area contributed by atoms with Gasteiger partial charge in [0.25, 0.3) is 0 Å². The van der Waals surface area contributed by atoms with Crippen LogP contribution in [-0.2, 0) is 6.54 Å². The van der Waals surface area contributed by atoms with Gasteiger partial charge < -0.3 is 0 Å². The third kappa shape index (κ3) is 0.974. The average Bonchev–Trinajstić information content (AvgIpc) is 2.47. The van der Waals surface area contributed by atoms with E-state index in [0.717, 1.165) is 16.4 Å². The van der Waals surface area contributed by atoms with Crippen LogP contribution in [0.1, 0.15) is 5.46 Å². The molecule has 0 aliphatic heterocycles. The Morgan fingerprint density at radius 2 is 2.18 bits per heavy atom. The molecule has 0 atom stereocenters. The van der Waals surface area contributed by atoms with Crippen molar-refractivity contribution in [3.05, 3.63) is 29.7 Å². The molecule has 0 aliphatic carbocycles. The van der Waals surface area contributed by atoms with Crippen molar-refractivity contribution < 1.29 is 4.33 Å². The summed E-state index contributed by atoms with van der Waals surface area (Å²) in [5.41, 5.74) is 7.48. The first-order valence-corrected chi connectivity index (χ1v) is 3.57. The molecule has 0 radical (unpaired) electrons. The summed E-state index contributed by atoms with van der Waals surface area (Å²) in [5.74, 6) is 0. The van der Waals surface area contributed by atoms with Gasteiger partial charge in [0.1, 0.15) is 0 Å². The molecule has 0 bridgehead atoms.